The third-order valence-corrected chi connectivity index (χ3v) is 5.96. The Bertz CT molecular complexity index is 1610. The molecule has 2 amide bonds. The molecule has 1 aliphatic rings. The molecule has 0 heterocycles. The van der Waals surface area contributed by atoms with Crippen LogP contribution >= 0.6 is 0 Å². The first kappa shape index (κ1) is 23.4. The lowest BCUT2D eigenvalue weighted by Crippen LogP contribution is -2.26. The maximum atomic E-state index is 13.7. The number of anilines is 2. The first-order valence-corrected chi connectivity index (χ1v) is 11.2. The van der Waals surface area contributed by atoms with Gasteiger partial charge in [-0.15, -0.1) is 0 Å². The number of hydrogen-bond donors (Lipinski definition) is 3. The maximum Gasteiger partial charge on any atom is 0.335 e. The number of carbonyl (C=O) groups is 5. The molecule has 5 rings (SSSR count). The van der Waals surface area contributed by atoms with Crippen LogP contribution in [0.5, 0.6) is 0 Å². The summed E-state index contributed by atoms with van der Waals surface area (Å²) in [6.07, 6.45) is 0. The number of benzene rings is 4. The topological polar surface area (TPSA) is 130 Å². The summed E-state index contributed by atoms with van der Waals surface area (Å²) in [7, 11) is 0. The van der Waals surface area contributed by atoms with E-state index in [4.69, 9.17) is 0 Å². The summed E-state index contributed by atoms with van der Waals surface area (Å²) < 4.78 is 0. The van der Waals surface area contributed by atoms with Gasteiger partial charge >= 0.3 is 5.97 Å². The van der Waals surface area contributed by atoms with Crippen molar-refractivity contribution in [2.24, 2.45) is 0 Å². The number of aromatic carboxylic acids is 1. The molecule has 4 aromatic carbocycles. The molecule has 0 fully saturated rings. The number of carbonyl (C=O) groups excluding carboxylic acids is 4. The quantitative estimate of drug-likeness (QED) is 0.328. The summed E-state index contributed by atoms with van der Waals surface area (Å²) >= 11 is 0. The second-order valence-electron chi connectivity index (χ2n) is 8.28. The Morgan fingerprint density at radius 1 is 0.541 bits per heavy atom. The van der Waals surface area contributed by atoms with E-state index in [1.165, 1.54) is 18.2 Å². The monoisotopic (exact) mass is 490 g/mol. The van der Waals surface area contributed by atoms with Crippen LogP contribution in [0.25, 0.3) is 0 Å². The summed E-state index contributed by atoms with van der Waals surface area (Å²) in [5.41, 5.74) is 0.0799. The van der Waals surface area contributed by atoms with E-state index in [0.717, 1.165) is 12.1 Å². The van der Waals surface area contributed by atoms with Crippen molar-refractivity contribution in [2.45, 2.75) is 0 Å². The zero-order valence-electron chi connectivity index (χ0n) is 19.1. The first-order valence-electron chi connectivity index (χ1n) is 11.2. The summed E-state index contributed by atoms with van der Waals surface area (Å²) in [4.78, 5) is 64.7. The normalized spacial score (nSPS) is 11.8. The van der Waals surface area contributed by atoms with Crippen molar-refractivity contribution in [1.82, 2.24) is 0 Å². The van der Waals surface area contributed by atoms with Gasteiger partial charge in [-0.05, 0) is 42.5 Å². The van der Waals surface area contributed by atoms with Gasteiger partial charge in [0.1, 0.15) is 0 Å². The van der Waals surface area contributed by atoms with Gasteiger partial charge in [0.15, 0.2) is 11.6 Å². The van der Waals surface area contributed by atoms with Crippen molar-refractivity contribution in [2.75, 3.05) is 10.6 Å². The maximum absolute atomic E-state index is 13.7. The minimum Gasteiger partial charge on any atom is -0.478 e. The van der Waals surface area contributed by atoms with E-state index in [2.05, 4.69) is 10.6 Å². The minimum absolute atomic E-state index is 0.0293. The molecule has 0 atom stereocenters. The fourth-order valence-corrected chi connectivity index (χ4v) is 4.22. The van der Waals surface area contributed by atoms with Crippen LogP contribution in [-0.4, -0.2) is 34.5 Å². The van der Waals surface area contributed by atoms with Crippen molar-refractivity contribution in [1.29, 1.82) is 0 Å². The highest BCUT2D eigenvalue weighted by Gasteiger charge is 2.35. The number of carboxylic acids is 1. The highest BCUT2D eigenvalue weighted by molar-refractivity contribution is 6.33. The Morgan fingerprint density at radius 2 is 1.05 bits per heavy atom. The van der Waals surface area contributed by atoms with Gasteiger partial charge in [-0.1, -0.05) is 48.5 Å². The first-order chi connectivity index (χ1) is 17.8. The highest BCUT2D eigenvalue weighted by atomic mass is 16.4. The number of rotatable bonds is 5. The Hall–Kier alpha value is -5.37. The molecular formula is C29H18N2O6. The van der Waals surface area contributed by atoms with Crippen LogP contribution in [0, 0.1) is 0 Å². The van der Waals surface area contributed by atoms with Gasteiger partial charge in [0.25, 0.3) is 11.8 Å². The van der Waals surface area contributed by atoms with Gasteiger partial charge in [0, 0.05) is 22.3 Å². The van der Waals surface area contributed by atoms with E-state index in [9.17, 15) is 29.1 Å². The van der Waals surface area contributed by atoms with E-state index in [-0.39, 0.29) is 44.8 Å². The van der Waals surface area contributed by atoms with Crippen molar-refractivity contribution in [3.63, 3.8) is 0 Å². The lowest BCUT2D eigenvalue weighted by atomic mass is 9.81. The van der Waals surface area contributed by atoms with E-state index in [0.29, 0.717) is 5.56 Å². The molecule has 8 nitrogen and oxygen atoms in total. The van der Waals surface area contributed by atoms with Crippen LogP contribution in [0.3, 0.4) is 0 Å². The second kappa shape index (κ2) is 9.35. The largest absolute Gasteiger partial charge is 0.478 e. The van der Waals surface area contributed by atoms with Crippen LogP contribution in [-0.2, 0) is 0 Å². The van der Waals surface area contributed by atoms with E-state index in [1.54, 1.807) is 60.7 Å². The molecule has 0 bridgehead atoms. The zero-order valence-corrected chi connectivity index (χ0v) is 19.1. The highest BCUT2D eigenvalue weighted by Crippen LogP contribution is 2.36. The molecule has 0 spiro atoms. The molecule has 180 valence electrons. The Labute approximate surface area is 210 Å². The number of fused-ring (bicyclic) bond motifs is 2. The van der Waals surface area contributed by atoms with Gasteiger partial charge < -0.3 is 15.7 Å². The third kappa shape index (κ3) is 4.28. The molecule has 0 aromatic heterocycles. The number of amides is 2. The van der Waals surface area contributed by atoms with Gasteiger partial charge in [-0.3, -0.25) is 19.2 Å². The van der Waals surface area contributed by atoms with E-state index < -0.39 is 29.4 Å². The average Bonchev–Trinajstić information content (AvgIpc) is 2.92. The SMILES string of the molecule is O=C(O)c1cc(NC(=O)c2ccccc2)c2c(c1)C(=O)c1c(NC(=O)c3ccccc3)cccc1C2=O. The van der Waals surface area contributed by atoms with Crippen LogP contribution in [0.1, 0.15) is 62.9 Å². The fraction of sp³-hybridized carbons (Fsp3) is 0. The van der Waals surface area contributed by atoms with Crippen molar-refractivity contribution >= 4 is 40.7 Å². The number of hydrogen-bond acceptors (Lipinski definition) is 5. The predicted octanol–water partition coefficient (Wildman–Crippen LogP) is 4.66. The average molecular weight is 490 g/mol. The summed E-state index contributed by atoms with van der Waals surface area (Å²) in [6.45, 7) is 0. The number of ketones is 2. The van der Waals surface area contributed by atoms with E-state index >= 15 is 0 Å². The van der Waals surface area contributed by atoms with Gasteiger partial charge in [0.2, 0.25) is 0 Å². The number of nitrogens with one attached hydrogen (secondary N) is 2. The van der Waals surface area contributed by atoms with Gasteiger partial charge in [-0.2, -0.15) is 0 Å². The minimum atomic E-state index is -1.34. The van der Waals surface area contributed by atoms with Crippen LogP contribution in [0.4, 0.5) is 11.4 Å². The van der Waals surface area contributed by atoms with Crippen LogP contribution in [0.2, 0.25) is 0 Å². The van der Waals surface area contributed by atoms with Crippen molar-refractivity contribution < 1.29 is 29.1 Å². The molecule has 1 aliphatic carbocycles. The molecule has 0 saturated carbocycles. The molecule has 0 aliphatic heterocycles. The molecule has 37 heavy (non-hydrogen) atoms. The Morgan fingerprint density at radius 3 is 1.62 bits per heavy atom. The molecule has 0 radical (unpaired) electrons. The molecular weight excluding hydrogens is 472 g/mol. The number of carboxylic acid groups (broad SMARTS) is 1. The predicted molar refractivity (Wildman–Crippen MR) is 135 cm³/mol. The molecule has 0 unspecified atom stereocenters. The van der Waals surface area contributed by atoms with Crippen LogP contribution < -0.4 is 10.6 Å². The van der Waals surface area contributed by atoms with Crippen molar-refractivity contribution in [3.8, 4) is 0 Å². The second-order valence-corrected chi connectivity index (χ2v) is 8.28. The molecule has 0 saturated heterocycles. The fourth-order valence-electron chi connectivity index (χ4n) is 4.22. The zero-order chi connectivity index (χ0) is 26.1. The molecule has 3 N–H and O–H groups in total. The smallest absolute Gasteiger partial charge is 0.335 e. The third-order valence-electron chi connectivity index (χ3n) is 5.96. The Balaban J connectivity index is 1.60. The Kier molecular flexibility index (Phi) is 5.91. The molecule has 4 aromatic rings. The summed E-state index contributed by atoms with van der Waals surface area (Å²) in [6, 6.07) is 23.3. The van der Waals surface area contributed by atoms with Crippen molar-refractivity contribution in [3.05, 3.63) is 130 Å². The lowest BCUT2D eigenvalue weighted by Gasteiger charge is -2.23. The van der Waals surface area contributed by atoms with E-state index in [1.807, 2.05) is 0 Å². The lowest BCUT2D eigenvalue weighted by molar-refractivity contribution is 0.0695. The van der Waals surface area contributed by atoms with Gasteiger partial charge in [-0.25, -0.2) is 4.79 Å². The molecule has 8 heteroatoms. The van der Waals surface area contributed by atoms with Gasteiger partial charge in [0.05, 0.1) is 28.1 Å². The summed E-state index contributed by atoms with van der Waals surface area (Å²) in [5.74, 6) is -3.61. The standard InChI is InChI=1S/C29H18N2O6/c32-25-19-12-7-13-21(30-27(34)16-8-3-1-4-9-16)23(19)26(33)20-14-18(29(36)37)15-22(24(20)25)31-28(35)17-10-5-2-6-11-17/h1-15H,(H,30,34)(H,31,35)(H,36,37). The van der Waals surface area contributed by atoms with Crippen LogP contribution in [0.15, 0.2) is 91.0 Å². The summed E-state index contributed by atoms with van der Waals surface area (Å²) in [5, 5.41) is 14.9.